The van der Waals surface area contributed by atoms with Crippen LogP contribution >= 0.6 is 0 Å². The molecule has 5 rings (SSSR count). The van der Waals surface area contributed by atoms with Crippen LogP contribution in [0.3, 0.4) is 0 Å². The maximum atomic E-state index is 14.5. The smallest absolute Gasteiger partial charge is 0.255 e. The highest BCUT2D eigenvalue weighted by atomic mass is 32.2. The minimum atomic E-state index is -4.13. The lowest BCUT2D eigenvalue weighted by Gasteiger charge is -2.32. The highest BCUT2D eigenvalue weighted by Crippen LogP contribution is 2.38. The van der Waals surface area contributed by atoms with E-state index in [-0.39, 0.29) is 44.0 Å². The zero-order chi connectivity index (χ0) is 25.8. The Kier molecular flexibility index (Phi) is 6.11. The fraction of sp³-hybridized carbons (Fsp3) is 0.375. The molecule has 1 unspecified atom stereocenters. The first kappa shape index (κ1) is 24.4. The standard InChI is InChI=1S/C24H22F3N3O5S/c25-14-7-15(26)9-17(8-14)36(34,35)29-5-3-13(4-6-29)18-10-16(27)11-19-20(18)12-30(24(19)33)21-1-2-22(31)28-23(21)32/h7-11,13,21H,1-6,12H2,(H,28,31,32). The van der Waals surface area contributed by atoms with E-state index in [1.165, 1.54) is 11.0 Å². The second-order valence-corrected chi connectivity index (χ2v) is 11.1. The van der Waals surface area contributed by atoms with Crippen LogP contribution in [0.5, 0.6) is 0 Å². The Labute approximate surface area is 205 Å². The number of hydrogen-bond donors (Lipinski definition) is 1. The van der Waals surface area contributed by atoms with Gasteiger partial charge in [-0.25, -0.2) is 21.6 Å². The lowest BCUT2D eigenvalue weighted by Crippen LogP contribution is -2.52. The summed E-state index contributed by atoms with van der Waals surface area (Å²) in [6, 6.07) is 3.74. The van der Waals surface area contributed by atoms with Gasteiger partial charge in [-0.15, -0.1) is 0 Å². The molecule has 0 saturated carbocycles. The minimum Gasteiger partial charge on any atom is -0.322 e. The van der Waals surface area contributed by atoms with E-state index < -0.39 is 56.1 Å². The molecule has 36 heavy (non-hydrogen) atoms. The van der Waals surface area contributed by atoms with E-state index >= 15 is 0 Å². The summed E-state index contributed by atoms with van der Waals surface area (Å²) in [7, 11) is -4.13. The summed E-state index contributed by atoms with van der Waals surface area (Å²) in [5, 5.41) is 2.23. The zero-order valence-electron chi connectivity index (χ0n) is 19.0. The van der Waals surface area contributed by atoms with Gasteiger partial charge in [0.15, 0.2) is 0 Å². The molecule has 2 fully saturated rings. The van der Waals surface area contributed by atoms with Gasteiger partial charge in [-0.1, -0.05) is 0 Å². The highest BCUT2D eigenvalue weighted by Gasteiger charge is 2.41. The molecular formula is C24H22F3N3O5S. The van der Waals surface area contributed by atoms with Crippen molar-refractivity contribution in [2.24, 2.45) is 0 Å². The van der Waals surface area contributed by atoms with Gasteiger partial charge in [0.1, 0.15) is 23.5 Å². The second kappa shape index (κ2) is 9.00. The van der Waals surface area contributed by atoms with Crippen LogP contribution in [0.1, 0.15) is 53.1 Å². The van der Waals surface area contributed by atoms with E-state index in [9.17, 15) is 36.0 Å². The molecule has 1 N–H and O–H groups in total. The van der Waals surface area contributed by atoms with Crippen molar-refractivity contribution < 1.29 is 36.0 Å². The van der Waals surface area contributed by atoms with E-state index in [1.54, 1.807) is 0 Å². The maximum Gasteiger partial charge on any atom is 0.255 e. The molecule has 2 saturated heterocycles. The Hall–Kier alpha value is -3.25. The van der Waals surface area contributed by atoms with Gasteiger partial charge >= 0.3 is 0 Å². The molecule has 190 valence electrons. The predicted molar refractivity (Wildman–Crippen MR) is 120 cm³/mol. The van der Waals surface area contributed by atoms with Gasteiger partial charge in [-0.05, 0) is 60.6 Å². The molecule has 0 bridgehead atoms. The monoisotopic (exact) mass is 521 g/mol. The Morgan fingerprint density at radius 2 is 1.50 bits per heavy atom. The number of nitrogens with zero attached hydrogens (tertiary/aromatic N) is 2. The van der Waals surface area contributed by atoms with Crippen LogP contribution in [-0.4, -0.2) is 54.5 Å². The van der Waals surface area contributed by atoms with E-state index in [2.05, 4.69) is 5.32 Å². The first-order valence-electron chi connectivity index (χ1n) is 11.5. The van der Waals surface area contributed by atoms with Crippen LogP contribution in [0.4, 0.5) is 13.2 Å². The lowest BCUT2D eigenvalue weighted by molar-refractivity contribution is -0.136. The van der Waals surface area contributed by atoms with Crippen LogP contribution in [0.2, 0.25) is 0 Å². The summed E-state index contributed by atoms with van der Waals surface area (Å²) in [5.74, 6) is -4.34. The maximum absolute atomic E-state index is 14.5. The number of hydrogen-bond acceptors (Lipinski definition) is 5. The summed E-state index contributed by atoms with van der Waals surface area (Å²) < 4.78 is 68.7. The van der Waals surface area contributed by atoms with Gasteiger partial charge in [-0.3, -0.25) is 19.7 Å². The number of sulfonamides is 1. The number of nitrogens with one attached hydrogen (secondary N) is 1. The quantitative estimate of drug-likeness (QED) is 0.623. The van der Waals surface area contributed by atoms with Gasteiger partial charge in [-0.2, -0.15) is 4.31 Å². The number of imide groups is 1. The predicted octanol–water partition coefficient (Wildman–Crippen LogP) is 2.43. The van der Waals surface area contributed by atoms with Crippen molar-refractivity contribution in [1.29, 1.82) is 0 Å². The Morgan fingerprint density at radius 1 is 0.861 bits per heavy atom. The fourth-order valence-corrected chi connectivity index (χ4v) is 6.76. The molecule has 3 aliphatic rings. The first-order valence-corrected chi connectivity index (χ1v) is 12.9. The van der Waals surface area contributed by atoms with Crippen LogP contribution in [0.15, 0.2) is 35.2 Å². The highest BCUT2D eigenvalue weighted by molar-refractivity contribution is 7.89. The molecule has 1 atom stereocenters. The van der Waals surface area contributed by atoms with Crippen molar-refractivity contribution in [3.05, 3.63) is 64.5 Å². The van der Waals surface area contributed by atoms with E-state index in [0.717, 1.165) is 22.5 Å². The van der Waals surface area contributed by atoms with Crippen LogP contribution in [0, 0.1) is 17.5 Å². The number of fused-ring (bicyclic) bond motifs is 1. The average molecular weight is 522 g/mol. The molecule has 0 radical (unpaired) electrons. The van der Waals surface area contributed by atoms with E-state index in [4.69, 9.17) is 0 Å². The van der Waals surface area contributed by atoms with Gasteiger partial charge in [0.25, 0.3) is 5.91 Å². The molecule has 0 aliphatic carbocycles. The summed E-state index contributed by atoms with van der Waals surface area (Å²) in [6.45, 7) is 0.166. The molecule has 3 aliphatic heterocycles. The van der Waals surface area contributed by atoms with Gasteiger partial charge in [0, 0.05) is 37.7 Å². The largest absolute Gasteiger partial charge is 0.322 e. The Balaban J connectivity index is 1.36. The van der Waals surface area contributed by atoms with Crippen molar-refractivity contribution in [2.45, 2.75) is 49.1 Å². The Morgan fingerprint density at radius 3 is 2.14 bits per heavy atom. The fourth-order valence-electron chi connectivity index (χ4n) is 5.25. The number of amides is 3. The van der Waals surface area contributed by atoms with Crippen molar-refractivity contribution in [1.82, 2.24) is 14.5 Å². The topological polar surface area (TPSA) is 104 Å². The number of piperidine rings is 2. The molecule has 0 spiro atoms. The SMILES string of the molecule is O=C1CCC(N2Cc3c(cc(F)cc3C3CCN(S(=O)(=O)c4cc(F)cc(F)c4)CC3)C2=O)C(=O)N1. The van der Waals surface area contributed by atoms with Crippen LogP contribution < -0.4 is 5.32 Å². The lowest BCUT2D eigenvalue weighted by atomic mass is 9.86. The third-order valence-electron chi connectivity index (χ3n) is 7.02. The summed E-state index contributed by atoms with van der Waals surface area (Å²) in [4.78, 5) is 37.7. The third-order valence-corrected chi connectivity index (χ3v) is 8.90. The molecule has 8 nitrogen and oxygen atoms in total. The Bertz CT molecular complexity index is 1370. The van der Waals surface area contributed by atoms with Crippen LogP contribution in [0.25, 0.3) is 0 Å². The van der Waals surface area contributed by atoms with E-state index in [1.807, 2.05) is 0 Å². The van der Waals surface area contributed by atoms with Crippen molar-refractivity contribution >= 4 is 27.7 Å². The van der Waals surface area contributed by atoms with Crippen LogP contribution in [-0.2, 0) is 26.2 Å². The van der Waals surface area contributed by atoms with Crippen molar-refractivity contribution in [3.63, 3.8) is 0 Å². The number of benzene rings is 2. The molecule has 12 heteroatoms. The molecule has 3 amide bonds. The summed E-state index contributed by atoms with van der Waals surface area (Å²) in [6.07, 6.45) is 0.887. The number of carbonyl (C=O) groups excluding carboxylic acids is 3. The van der Waals surface area contributed by atoms with E-state index in [0.29, 0.717) is 30.0 Å². The summed E-state index contributed by atoms with van der Waals surface area (Å²) >= 11 is 0. The van der Waals surface area contributed by atoms with Gasteiger partial charge in [0.2, 0.25) is 21.8 Å². The van der Waals surface area contributed by atoms with Gasteiger partial charge in [0.05, 0.1) is 4.90 Å². The normalized spacial score (nSPS) is 21.6. The number of carbonyl (C=O) groups is 3. The molecule has 2 aromatic rings. The minimum absolute atomic E-state index is 0.0429. The molecular weight excluding hydrogens is 499 g/mol. The van der Waals surface area contributed by atoms with Crippen molar-refractivity contribution in [3.8, 4) is 0 Å². The molecule has 2 aromatic carbocycles. The first-order chi connectivity index (χ1) is 17.0. The molecule has 0 aromatic heterocycles. The van der Waals surface area contributed by atoms with Gasteiger partial charge < -0.3 is 4.90 Å². The molecule has 3 heterocycles. The number of halogens is 3. The average Bonchev–Trinajstić information content (AvgIpc) is 3.14. The second-order valence-electron chi connectivity index (χ2n) is 9.20. The number of rotatable bonds is 4. The third kappa shape index (κ3) is 4.28. The van der Waals surface area contributed by atoms with Crippen molar-refractivity contribution in [2.75, 3.05) is 13.1 Å². The summed E-state index contributed by atoms with van der Waals surface area (Å²) in [5.41, 5.74) is 1.31. The zero-order valence-corrected chi connectivity index (χ0v) is 19.8.